The molecule has 0 aliphatic heterocycles. The molecule has 0 saturated heterocycles. The number of hydrogen-bond donors (Lipinski definition) is 2. The number of rotatable bonds is 4. The third-order valence-electron chi connectivity index (χ3n) is 3.66. The predicted molar refractivity (Wildman–Crippen MR) is 82.5 cm³/mol. The second-order valence-corrected chi connectivity index (χ2v) is 5.51. The third-order valence-corrected chi connectivity index (χ3v) is 3.66. The van der Waals surface area contributed by atoms with E-state index in [4.69, 9.17) is 10.7 Å². The van der Waals surface area contributed by atoms with Crippen LogP contribution in [0, 0.1) is 28.4 Å². The first-order chi connectivity index (χ1) is 12.7. The summed E-state index contributed by atoms with van der Waals surface area (Å²) in [6.07, 6.45) is -1.40. The van der Waals surface area contributed by atoms with Crippen LogP contribution in [0.25, 0.3) is 5.65 Å². The Morgan fingerprint density at radius 2 is 1.96 bits per heavy atom. The first kappa shape index (κ1) is 18.4. The number of quaternary nitrogens is 1. The van der Waals surface area contributed by atoms with Gasteiger partial charge in [0.05, 0.1) is 23.2 Å². The maximum absolute atomic E-state index is 13.8. The van der Waals surface area contributed by atoms with Gasteiger partial charge in [-0.05, 0) is 0 Å². The summed E-state index contributed by atoms with van der Waals surface area (Å²) < 4.78 is 66.0. The lowest BCUT2D eigenvalue weighted by Gasteiger charge is -2.10. The van der Waals surface area contributed by atoms with E-state index in [0.717, 1.165) is 34.4 Å². The fraction of sp³-hybridized carbons (Fsp3) is 0.125. The maximum Gasteiger partial charge on any atom is 0.438 e. The minimum Gasteiger partial charge on any atom is -0.306 e. The summed E-state index contributed by atoms with van der Waals surface area (Å²) in [5, 5.41) is 18.0. The smallest absolute Gasteiger partial charge is 0.306 e. The van der Waals surface area contributed by atoms with E-state index in [1.165, 1.54) is 0 Å². The summed E-state index contributed by atoms with van der Waals surface area (Å²) in [6, 6.07) is 3.45. The quantitative estimate of drug-likeness (QED) is 0.535. The monoisotopic (exact) mass is 381 g/mol. The van der Waals surface area contributed by atoms with E-state index in [1.54, 1.807) is 6.07 Å². The number of nitrogens with zero attached hydrogens (tertiary/aromatic N) is 4. The van der Waals surface area contributed by atoms with Gasteiger partial charge in [0.15, 0.2) is 18.0 Å². The van der Waals surface area contributed by atoms with Gasteiger partial charge >= 0.3 is 6.18 Å². The Morgan fingerprint density at radius 3 is 2.63 bits per heavy atom. The van der Waals surface area contributed by atoms with Crippen molar-refractivity contribution < 1.29 is 27.3 Å². The van der Waals surface area contributed by atoms with Gasteiger partial charge in [-0.2, -0.15) is 18.4 Å². The number of nitrogens with one attached hydrogen (secondary N) is 1. The van der Waals surface area contributed by atoms with Gasteiger partial charge in [0.25, 0.3) is 0 Å². The van der Waals surface area contributed by atoms with Crippen LogP contribution >= 0.6 is 0 Å². The number of nitrogens with two attached hydrogens (primary N) is 1. The van der Waals surface area contributed by atoms with Gasteiger partial charge < -0.3 is 5.32 Å². The van der Waals surface area contributed by atoms with Crippen molar-refractivity contribution in [1.29, 1.82) is 10.7 Å². The minimum absolute atomic E-state index is 0.0373. The Kier molecular flexibility index (Phi) is 4.59. The molecule has 3 aromatic rings. The number of aromatic nitrogens is 3. The zero-order valence-electron chi connectivity index (χ0n) is 13.3. The van der Waals surface area contributed by atoms with Crippen LogP contribution in [0.5, 0.6) is 0 Å². The largest absolute Gasteiger partial charge is 0.438 e. The molecule has 27 heavy (non-hydrogen) atoms. The zero-order chi connectivity index (χ0) is 19.8. The highest BCUT2D eigenvalue weighted by molar-refractivity contribution is 6.12. The first-order valence-electron chi connectivity index (χ1n) is 7.41. The van der Waals surface area contributed by atoms with Crippen molar-refractivity contribution in [3.63, 3.8) is 0 Å². The van der Waals surface area contributed by atoms with Crippen molar-refractivity contribution in [2.45, 2.75) is 6.18 Å². The van der Waals surface area contributed by atoms with Crippen molar-refractivity contribution in [1.82, 2.24) is 14.4 Å². The lowest BCUT2D eigenvalue weighted by Crippen LogP contribution is -2.81. The summed E-state index contributed by atoms with van der Waals surface area (Å²) in [5.74, 6) is -1.86. The molecule has 3 N–H and O–H groups in total. The van der Waals surface area contributed by atoms with Crippen molar-refractivity contribution in [2.75, 3.05) is 6.54 Å². The van der Waals surface area contributed by atoms with Gasteiger partial charge in [-0.1, -0.05) is 0 Å². The molecule has 0 unspecified atom stereocenters. The van der Waals surface area contributed by atoms with Crippen LogP contribution in [0.2, 0.25) is 0 Å². The maximum atomic E-state index is 13.8. The standard InChI is InChI=1S/C16H9F5N6/c17-8-1-11(18)15-25-5-13(27(15)6-8)14(23)10-4-24-9(3-22)2-12(10)26-7-16(19,20)21/h1-2,4-6,23H,7H2,(H,24,26)/p+1. The molecule has 0 aliphatic carbocycles. The molecular weight excluding hydrogens is 371 g/mol. The topological polar surface area (TPSA) is 94.4 Å². The molecule has 0 fully saturated rings. The predicted octanol–water partition coefficient (Wildman–Crippen LogP) is 2.05. The summed E-state index contributed by atoms with van der Waals surface area (Å²) in [7, 11) is 0. The Balaban J connectivity index is 2.08. The van der Waals surface area contributed by atoms with Crippen molar-refractivity contribution >= 4 is 17.0 Å². The first-order valence-corrected chi connectivity index (χ1v) is 7.41. The number of halogens is 5. The summed E-state index contributed by atoms with van der Waals surface area (Å²) in [4.78, 5) is 7.54. The van der Waals surface area contributed by atoms with Gasteiger partial charge in [0.2, 0.25) is 0 Å². The minimum atomic E-state index is -4.48. The number of pyridine rings is 2. The zero-order valence-corrected chi connectivity index (χ0v) is 13.3. The summed E-state index contributed by atoms with van der Waals surface area (Å²) >= 11 is 0. The van der Waals surface area contributed by atoms with Crippen molar-refractivity contribution in [2.24, 2.45) is 0 Å². The van der Waals surface area contributed by atoms with Crippen LogP contribution in [-0.2, 0) is 0 Å². The summed E-state index contributed by atoms with van der Waals surface area (Å²) in [5.41, 5.74) is -0.844. The molecule has 3 rings (SSSR count). The normalized spacial score (nSPS) is 11.6. The second-order valence-electron chi connectivity index (χ2n) is 5.51. The average Bonchev–Trinajstić information content (AvgIpc) is 3.02. The molecule has 0 saturated carbocycles. The number of imidazole rings is 1. The molecule has 0 aliphatic rings. The van der Waals surface area contributed by atoms with Crippen LogP contribution in [0.1, 0.15) is 17.0 Å². The molecule has 0 spiro atoms. The Bertz CT molecular complexity index is 1080. The number of hydrogen-bond acceptors (Lipinski definition) is 4. The van der Waals surface area contributed by atoms with E-state index in [0.29, 0.717) is 6.07 Å². The average molecular weight is 381 g/mol. The van der Waals surface area contributed by atoms with Crippen LogP contribution in [0.3, 0.4) is 0 Å². The molecule has 3 heterocycles. The fourth-order valence-electron chi connectivity index (χ4n) is 2.47. The third kappa shape index (κ3) is 3.75. The van der Waals surface area contributed by atoms with E-state index in [1.807, 2.05) is 0 Å². The molecule has 0 amide bonds. The molecule has 11 heteroatoms. The highest BCUT2D eigenvalue weighted by Crippen LogP contribution is 2.20. The van der Waals surface area contributed by atoms with Gasteiger partial charge in [-0.15, -0.1) is 0 Å². The van der Waals surface area contributed by atoms with Crippen molar-refractivity contribution in [3.8, 4) is 6.07 Å². The molecule has 0 aromatic carbocycles. The highest BCUT2D eigenvalue weighted by atomic mass is 19.4. The van der Waals surface area contributed by atoms with Gasteiger partial charge in [0, 0.05) is 24.5 Å². The molecule has 0 radical (unpaired) electrons. The van der Waals surface area contributed by atoms with Gasteiger partial charge in [-0.25, -0.2) is 18.7 Å². The molecular formula is C16H10F5N6+. The van der Waals surface area contributed by atoms with E-state index >= 15 is 0 Å². The number of alkyl halides is 3. The SMILES string of the molecule is N#Cc1cc([NH2+]CC(F)(F)F)c(C(=N)c2cnc3c(F)cc(F)cn23)cn1. The molecule has 0 bridgehead atoms. The van der Waals surface area contributed by atoms with E-state index in [2.05, 4.69) is 9.97 Å². The Morgan fingerprint density at radius 1 is 1.22 bits per heavy atom. The molecule has 6 nitrogen and oxygen atoms in total. The molecule has 138 valence electrons. The number of fused-ring (bicyclic) bond motifs is 1. The Labute approximate surface area is 148 Å². The molecule has 3 aromatic heterocycles. The lowest BCUT2D eigenvalue weighted by molar-refractivity contribution is -0.600. The van der Waals surface area contributed by atoms with Crippen LogP contribution in [-0.4, -0.2) is 32.8 Å². The van der Waals surface area contributed by atoms with Gasteiger partial charge in [0.1, 0.15) is 23.3 Å². The van der Waals surface area contributed by atoms with E-state index in [-0.39, 0.29) is 34.0 Å². The summed E-state index contributed by atoms with van der Waals surface area (Å²) in [6.45, 7) is -1.28. The van der Waals surface area contributed by atoms with Crippen LogP contribution in [0.15, 0.2) is 30.7 Å². The van der Waals surface area contributed by atoms with Crippen LogP contribution in [0.4, 0.5) is 27.6 Å². The number of nitriles is 1. The Hall–Kier alpha value is -3.39. The van der Waals surface area contributed by atoms with E-state index in [9.17, 15) is 22.0 Å². The van der Waals surface area contributed by atoms with Gasteiger partial charge in [-0.3, -0.25) is 9.81 Å². The highest BCUT2D eigenvalue weighted by Gasteiger charge is 2.31. The fourth-order valence-corrected chi connectivity index (χ4v) is 2.47. The van der Waals surface area contributed by atoms with Crippen molar-refractivity contribution in [3.05, 3.63) is 59.3 Å². The van der Waals surface area contributed by atoms with E-state index < -0.39 is 24.4 Å². The molecule has 0 atom stereocenters. The van der Waals surface area contributed by atoms with Crippen LogP contribution < -0.4 is 5.32 Å². The second kappa shape index (κ2) is 6.73. The lowest BCUT2D eigenvalue weighted by atomic mass is 10.1.